The van der Waals surface area contributed by atoms with Gasteiger partial charge in [0.1, 0.15) is 5.82 Å². The van der Waals surface area contributed by atoms with Gasteiger partial charge in [0.05, 0.1) is 36.1 Å². The number of hydrogen-bond donors (Lipinski definition) is 1. The molecule has 0 spiro atoms. The van der Waals surface area contributed by atoms with Crippen molar-refractivity contribution < 1.29 is 27.5 Å². The van der Waals surface area contributed by atoms with Crippen molar-refractivity contribution in [2.24, 2.45) is 0 Å². The molecule has 1 atom stereocenters. The number of ether oxygens (including phenoxy) is 1. The Kier molecular flexibility index (Phi) is 6.59. The summed E-state index contributed by atoms with van der Waals surface area (Å²) >= 11 is 1.93. The van der Waals surface area contributed by atoms with Crippen molar-refractivity contribution in [2.45, 2.75) is 31.4 Å². The fourth-order valence-corrected chi connectivity index (χ4v) is 5.15. The Morgan fingerprint density at radius 1 is 1.15 bits per heavy atom. The van der Waals surface area contributed by atoms with Gasteiger partial charge in [0.2, 0.25) is 0 Å². The second kappa shape index (κ2) is 9.13. The number of carbonyl (C=O) groups is 2. The van der Waals surface area contributed by atoms with Crippen LogP contribution >= 0.6 is 22.6 Å². The lowest BCUT2D eigenvalue weighted by Gasteiger charge is -2.53. The number of likely N-dealkylation sites (tertiary alicyclic amines) is 2. The molecule has 176 valence electrons. The number of hydrogen-bond acceptors (Lipinski definition) is 5. The molecule has 0 radical (unpaired) electrons. The van der Waals surface area contributed by atoms with Gasteiger partial charge in [-0.05, 0) is 79.4 Å². The minimum Gasteiger partial charge on any atom is -0.454 e. The summed E-state index contributed by atoms with van der Waals surface area (Å²) in [6.07, 6.45) is 1.78. The van der Waals surface area contributed by atoms with Crippen LogP contribution in [0.3, 0.4) is 0 Å². The molecule has 2 aliphatic heterocycles. The van der Waals surface area contributed by atoms with Crippen LogP contribution in [0.2, 0.25) is 0 Å². The molecule has 2 aliphatic rings. The lowest BCUT2D eigenvalue weighted by atomic mass is 9.83. The predicted octanol–water partition coefficient (Wildman–Crippen LogP) is 4.30. The van der Waals surface area contributed by atoms with Gasteiger partial charge in [0.15, 0.2) is 17.2 Å². The first-order chi connectivity index (χ1) is 15.6. The summed E-state index contributed by atoms with van der Waals surface area (Å²) in [4.78, 5) is 28.6. The number of nitrogens with zero attached hydrogens (tertiary/aromatic N) is 2. The summed E-state index contributed by atoms with van der Waals surface area (Å²) in [5, 5.41) is 2.54. The summed E-state index contributed by atoms with van der Waals surface area (Å²) in [5.74, 6) is -4.10. The van der Waals surface area contributed by atoms with E-state index in [1.807, 2.05) is 29.6 Å². The van der Waals surface area contributed by atoms with E-state index < -0.39 is 40.6 Å². The second-order valence-corrected chi connectivity index (χ2v) is 9.74. The van der Waals surface area contributed by atoms with Crippen molar-refractivity contribution in [3.63, 3.8) is 0 Å². The van der Waals surface area contributed by atoms with E-state index in [0.29, 0.717) is 3.57 Å². The van der Waals surface area contributed by atoms with E-state index in [0.717, 1.165) is 25.5 Å². The van der Waals surface area contributed by atoms with E-state index in [2.05, 4.69) is 10.2 Å². The van der Waals surface area contributed by atoms with Crippen molar-refractivity contribution in [3.8, 4) is 0 Å². The van der Waals surface area contributed by atoms with Gasteiger partial charge in [-0.3, -0.25) is 14.5 Å². The van der Waals surface area contributed by atoms with Crippen LogP contribution in [0.1, 0.15) is 30.1 Å². The molecule has 33 heavy (non-hydrogen) atoms. The molecule has 0 aromatic heterocycles. The van der Waals surface area contributed by atoms with E-state index in [9.17, 15) is 22.8 Å². The second-order valence-electron chi connectivity index (χ2n) is 8.49. The first kappa shape index (κ1) is 23.8. The van der Waals surface area contributed by atoms with E-state index >= 15 is 0 Å². The van der Waals surface area contributed by atoms with Crippen LogP contribution in [-0.4, -0.2) is 60.0 Å². The molecule has 2 aromatic rings. The zero-order valence-electron chi connectivity index (χ0n) is 18.1. The Hall–Kier alpha value is -2.34. The van der Waals surface area contributed by atoms with E-state index in [4.69, 9.17) is 4.74 Å². The Balaban J connectivity index is 1.61. The highest BCUT2D eigenvalue weighted by Gasteiger charge is 2.56. The molecule has 1 unspecified atom stereocenters. The Labute approximate surface area is 203 Å². The summed E-state index contributed by atoms with van der Waals surface area (Å²) < 4.78 is 49.4. The summed E-state index contributed by atoms with van der Waals surface area (Å²) in [7, 11) is 1.94. The van der Waals surface area contributed by atoms with Crippen LogP contribution in [0.5, 0.6) is 0 Å². The molecular weight excluding hydrogens is 550 g/mol. The van der Waals surface area contributed by atoms with Gasteiger partial charge in [-0.1, -0.05) is 0 Å². The van der Waals surface area contributed by atoms with Crippen molar-refractivity contribution in [1.29, 1.82) is 0 Å². The molecule has 0 bridgehead atoms. The van der Waals surface area contributed by atoms with Gasteiger partial charge in [-0.25, -0.2) is 13.2 Å². The lowest BCUT2D eigenvalue weighted by Crippen LogP contribution is -2.72. The highest BCUT2D eigenvalue weighted by molar-refractivity contribution is 14.1. The molecule has 4 rings (SSSR count). The first-order valence-electron chi connectivity index (χ1n) is 10.5. The van der Waals surface area contributed by atoms with Gasteiger partial charge in [0, 0.05) is 10.5 Å². The van der Waals surface area contributed by atoms with Gasteiger partial charge >= 0.3 is 5.97 Å². The number of carbonyl (C=O) groups excluding carboxylic acids is 2. The average molecular weight is 573 g/mol. The summed E-state index contributed by atoms with van der Waals surface area (Å²) in [5.41, 5.74) is -1.51. The Bertz CT molecular complexity index is 1110. The van der Waals surface area contributed by atoms with Crippen molar-refractivity contribution >= 4 is 45.8 Å². The van der Waals surface area contributed by atoms with Crippen LogP contribution < -0.4 is 5.32 Å². The third-order valence-corrected chi connectivity index (χ3v) is 6.87. The monoisotopic (exact) mass is 573 g/mol. The molecule has 2 fully saturated rings. The quantitative estimate of drug-likeness (QED) is 0.427. The number of rotatable bonds is 5. The van der Waals surface area contributed by atoms with Crippen molar-refractivity contribution in [1.82, 2.24) is 9.80 Å². The summed E-state index contributed by atoms with van der Waals surface area (Å²) in [6, 6.07) is 6.23. The van der Waals surface area contributed by atoms with Gasteiger partial charge in [0.25, 0.3) is 5.91 Å². The largest absolute Gasteiger partial charge is 0.454 e. The normalized spacial score (nSPS) is 19.8. The highest BCUT2D eigenvalue weighted by Crippen LogP contribution is 2.38. The first-order valence-corrected chi connectivity index (χ1v) is 11.6. The maximum atomic E-state index is 14.7. The van der Waals surface area contributed by atoms with Crippen LogP contribution in [0.15, 0.2) is 30.3 Å². The maximum absolute atomic E-state index is 14.7. The summed E-state index contributed by atoms with van der Waals surface area (Å²) in [6.45, 7) is 2.46. The van der Waals surface area contributed by atoms with Crippen LogP contribution in [-0.2, 0) is 9.53 Å². The van der Waals surface area contributed by atoms with E-state index in [1.54, 1.807) is 6.07 Å². The topological polar surface area (TPSA) is 61.9 Å². The van der Waals surface area contributed by atoms with Gasteiger partial charge < -0.3 is 15.0 Å². The molecule has 1 N–H and O–H groups in total. The Morgan fingerprint density at radius 3 is 2.48 bits per heavy atom. The maximum Gasteiger partial charge on any atom is 0.303 e. The lowest BCUT2D eigenvalue weighted by molar-refractivity contribution is -0.185. The smallest absolute Gasteiger partial charge is 0.303 e. The standard InChI is InChI=1S/C23H23F3IN3O3/c1-13(31)33-23(19-4-3-9-29(19)2)11-30(12-23)22(32)15-6-7-16(24)20(26)21(15)28-18-8-5-14(27)10-17(18)25/h5-8,10,19,28H,3-4,9,11-12H2,1-2H3. The minimum atomic E-state index is -1.28. The van der Waals surface area contributed by atoms with Crippen molar-refractivity contribution in [3.05, 3.63) is 56.9 Å². The zero-order chi connectivity index (χ0) is 23.9. The number of likely N-dealkylation sites (N-methyl/N-ethyl adjacent to an activating group) is 1. The number of amides is 1. The highest BCUT2D eigenvalue weighted by atomic mass is 127. The molecule has 6 nitrogen and oxygen atoms in total. The fourth-order valence-electron chi connectivity index (χ4n) is 4.69. The Morgan fingerprint density at radius 2 is 1.88 bits per heavy atom. The molecule has 2 aromatic carbocycles. The molecule has 2 saturated heterocycles. The van der Waals surface area contributed by atoms with E-state index in [-0.39, 0.29) is 30.4 Å². The molecule has 0 saturated carbocycles. The number of halogens is 4. The van der Waals surface area contributed by atoms with Crippen molar-refractivity contribution in [2.75, 3.05) is 32.0 Å². The number of esters is 1. The van der Waals surface area contributed by atoms with Gasteiger partial charge in [-0.15, -0.1) is 0 Å². The SMILES string of the molecule is CC(=O)OC1(C2CCCN2C)CN(C(=O)c2ccc(F)c(F)c2Nc2ccc(I)cc2F)C1. The molecule has 2 heterocycles. The molecular formula is C23H23F3IN3O3. The molecule has 0 aliphatic carbocycles. The third kappa shape index (κ3) is 4.54. The average Bonchev–Trinajstić information content (AvgIpc) is 3.15. The van der Waals surface area contributed by atoms with E-state index in [1.165, 1.54) is 30.0 Å². The minimum absolute atomic E-state index is 0.0334. The van der Waals surface area contributed by atoms with Gasteiger partial charge in [-0.2, -0.15) is 0 Å². The number of nitrogens with one attached hydrogen (secondary N) is 1. The van der Waals surface area contributed by atoms with Crippen LogP contribution in [0.25, 0.3) is 0 Å². The van der Waals surface area contributed by atoms with Crippen LogP contribution in [0, 0.1) is 21.0 Å². The number of benzene rings is 2. The van der Waals surface area contributed by atoms with Crippen LogP contribution in [0.4, 0.5) is 24.5 Å². The predicted molar refractivity (Wildman–Crippen MR) is 125 cm³/mol. The molecule has 10 heteroatoms. The fraction of sp³-hybridized carbons (Fsp3) is 0.391. The molecule has 1 amide bonds. The third-order valence-electron chi connectivity index (χ3n) is 6.19. The zero-order valence-corrected chi connectivity index (χ0v) is 20.3. The number of anilines is 2.